The molecule has 4 N–H and O–H groups in total. The van der Waals surface area contributed by atoms with Gasteiger partial charge in [0.05, 0.1) is 5.56 Å². The maximum atomic E-state index is 9.89. The lowest BCUT2D eigenvalue weighted by Crippen LogP contribution is -2.46. The standard InChI is InChI=1S/C15H21N5O/c1-15(9-16)7-4-8-20(10-15)14-17-13(18-19-14)11-5-2-3-6-12(11)21/h2-3,5-6,21H,4,7-10,16H2,1H3,(H,17,18,19). The fraction of sp³-hybridized carbons (Fsp3) is 0.467. The van der Waals surface area contributed by atoms with E-state index in [2.05, 4.69) is 27.0 Å². The van der Waals surface area contributed by atoms with Crippen LogP contribution in [0, 0.1) is 5.41 Å². The van der Waals surface area contributed by atoms with E-state index in [0.29, 0.717) is 23.9 Å². The molecule has 0 bridgehead atoms. The minimum absolute atomic E-state index is 0.119. The quantitative estimate of drug-likeness (QED) is 0.800. The molecule has 0 spiro atoms. The smallest absolute Gasteiger partial charge is 0.245 e. The van der Waals surface area contributed by atoms with Gasteiger partial charge in [-0.05, 0) is 36.9 Å². The molecule has 1 aliphatic heterocycles. The van der Waals surface area contributed by atoms with Gasteiger partial charge in [0.25, 0.3) is 0 Å². The summed E-state index contributed by atoms with van der Waals surface area (Å²) in [6.45, 7) is 4.67. The molecule has 1 atom stereocenters. The Bertz CT molecular complexity index is 626. The van der Waals surface area contributed by atoms with Gasteiger partial charge in [-0.25, -0.2) is 0 Å². The first-order valence-corrected chi connectivity index (χ1v) is 7.27. The summed E-state index contributed by atoms with van der Waals surface area (Å²) in [4.78, 5) is 6.69. The van der Waals surface area contributed by atoms with E-state index in [9.17, 15) is 5.11 Å². The molecule has 3 rings (SSSR count). The lowest BCUT2D eigenvalue weighted by molar-refractivity contribution is 0.270. The van der Waals surface area contributed by atoms with Crippen LogP contribution >= 0.6 is 0 Å². The number of para-hydroxylation sites is 1. The fourth-order valence-electron chi connectivity index (χ4n) is 2.84. The van der Waals surface area contributed by atoms with E-state index >= 15 is 0 Å². The van der Waals surface area contributed by atoms with Crippen LogP contribution in [-0.2, 0) is 0 Å². The van der Waals surface area contributed by atoms with Crippen molar-refractivity contribution in [1.29, 1.82) is 0 Å². The predicted molar refractivity (Wildman–Crippen MR) is 82.1 cm³/mol. The average Bonchev–Trinajstić information content (AvgIpc) is 2.97. The number of aromatic amines is 1. The van der Waals surface area contributed by atoms with Crippen LogP contribution in [0.15, 0.2) is 24.3 Å². The zero-order valence-corrected chi connectivity index (χ0v) is 12.2. The van der Waals surface area contributed by atoms with Crippen molar-refractivity contribution in [2.45, 2.75) is 19.8 Å². The van der Waals surface area contributed by atoms with Gasteiger partial charge in [-0.3, -0.25) is 5.10 Å². The third-order valence-electron chi connectivity index (χ3n) is 4.19. The molecule has 1 aromatic carbocycles. The number of rotatable bonds is 3. The zero-order chi connectivity index (χ0) is 14.9. The van der Waals surface area contributed by atoms with E-state index in [4.69, 9.17) is 5.73 Å². The number of anilines is 1. The third kappa shape index (κ3) is 2.71. The molecule has 2 heterocycles. The lowest BCUT2D eigenvalue weighted by atomic mass is 9.82. The number of aromatic nitrogens is 3. The maximum Gasteiger partial charge on any atom is 0.245 e. The van der Waals surface area contributed by atoms with Crippen LogP contribution in [0.1, 0.15) is 19.8 Å². The zero-order valence-electron chi connectivity index (χ0n) is 12.2. The fourth-order valence-corrected chi connectivity index (χ4v) is 2.84. The molecule has 112 valence electrons. The summed E-state index contributed by atoms with van der Waals surface area (Å²) in [7, 11) is 0. The number of piperidine rings is 1. The maximum absolute atomic E-state index is 9.89. The van der Waals surface area contributed by atoms with Crippen LogP contribution in [0.2, 0.25) is 0 Å². The Morgan fingerprint density at radius 3 is 3.00 bits per heavy atom. The molecule has 1 unspecified atom stereocenters. The van der Waals surface area contributed by atoms with Crippen molar-refractivity contribution >= 4 is 5.95 Å². The minimum Gasteiger partial charge on any atom is -0.507 e. The number of phenolic OH excluding ortho intramolecular Hbond substituents is 1. The average molecular weight is 287 g/mol. The van der Waals surface area contributed by atoms with Gasteiger partial charge in [0.1, 0.15) is 5.75 Å². The molecule has 1 fully saturated rings. The molecule has 21 heavy (non-hydrogen) atoms. The molecular formula is C15H21N5O. The molecule has 6 heteroatoms. The summed E-state index contributed by atoms with van der Waals surface area (Å²) in [5.41, 5.74) is 6.67. The molecule has 1 aliphatic rings. The summed E-state index contributed by atoms with van der Waals surface area (Å²) in [5.74, 6) is 1.46. The normalized spacial score (nSPS) is 22.5. The van der Waals surface area contributed by atoms with Gasteiger partial charge in [0.2, 0.25) is 5.95 Å². The minimum atomic E-state index is 0.119. The molecule has 0 saturated carbocycles. The van der Waals surface area contributed by atoms with E-state index in [-0.39, 0.29) is 11.2 Å². The number of aromatic hydroxyl groups is 1. The number of nitrogens with zero attached hydrogens (tertiary/aromatic N) is 3. The Kier molecular flexibility index (Phi) is 3.55. The summed E-state index contributed by atoms with van der Waals surface area (Å²) < 4.78 is 0. The highest BCUT2D eigenvalue weighted by Crippen LogP contribution is 2.31. The van der Waals surface area contributed by atoms with E-state index in [1.165, 1.54) is 0 Å². The van der Waals surface area contributed by atoms with E-state index in [1.54, 1.807) is 12.1 Å². The molecular weight excluding hydrogens is 266 g/mol. The summed E-state index contributed by atoms with van der Waals surface area (Å²) in [5, 5.41) is 17.1. The Balaban J connectivity index is 1.84. The van der Waals surface area contributed by atoms with Crippen molar-refractivity contribution in [2.75, 3.05) is 24.5 Å². The second-order valence-electron chi connectivity index (χ2n) is 6.04. The van der Waals surface area contributed by atoms with Crippen molar-refractivity contribution in [1.82, 2.24) is 15.2 Å². The number of hydrogen-bond donors (Lipinski definition) is 3. The largest absolute Gasteiger partial charge is 0.507 e. The van der Waals surface area contributed by atoms with Crippen LogP contribution in [0.25, 0.3) is 11.4 Å². The Labute approximate surface area is 124 Å². The monoisotopic (exact) mass is 287 g/mol. The van der Waals surface area contributed by atoms with Crippen LogP contribution in [0.5, 0.6) is 5.75 Å². The highest BCUT2D eigenvalue weighted by atomic mass is 16.3. The van der Waals surface area contributed by atoms with Crippen LogP contribution in [0.3, 0.4) is 0 Å². The topological polar surface area (TPSA) is 91.1 Å². The number of H-pyrrole nitrogens is 1. The van der Waals surface area contributed by atoms with Gasteiger partial charge >= 0.3 is 0 Å². The summed E-state index contributed by atoms with van der Waals surface area (Å²) >= 11 is 0. The molecule has 0 radical (unpaired) electrons. The van der Waals surface area contributed by atoms with Crippen LogP contribution in [-0.4, -0.2) is 39.9 Å². The van der Waals surface area contributed by atoms with Crippen molar-refractivity contribution in [2.24, 2.45) is 11.1 Å². The van der Waals surface area contributed by atoms with Crippen LogP contribution in [0.4, 0.5) is 5.95 Å². The number of benzene rings is 1. The van der Waals surface area contributed by atoms with Gasteiger partial charge in [0.15, 0.2) is 5.82 Å². The second kappa shape index (κ2) is 5.37. The number of phenols is 1. The first-order valence-electron chi connectivity index (χ1n) is 7.27. The van der Waals surface area contributed by atoms with Crippen LogP contribution < -0.4 is 10.6 Å². The number of hydrogen-bond acceptors (Lipinski definition) is 5. The van der Waals surface area contributed by atoms with Gasteiger partial charge in [-0.1, -0.05) is 19.1 Å². The van der Waals surface area contributed by atoms with Gasteiger partial charge in [-0.2, -0.15) is 4.98 Å². The second-order valence-corrected chi connectivity index (χ2v) is 6.04. The highest BCUT2D eigenvalue weighted by molar-refractivity contribution is 5.64. The number of nitrogens with two attached hydrogens (primary N) is 1. The molecule has 0 amide bonds. The van der Waals surface area contributed by atoms with E-state index in [0.717, 1.165) is 25.9 Å². The van der Waals surface area contributed by atoms with Gasteiger partial charge in [-0.15, -0.1) is 5.10 Å². The lowest BCUT2D eigenvalue weighted by Gasteiger charge is -2.39. The first kappa shape index (κ1) is 13.9. The van der Waals surface area contributed by atoms with E-state index in [1.807, 2.05) is 12.1 Å². The van der Waals surface area contributed by atoms with Gasteiger partial charge in [0, 0.05) is 13.1 Å². The molecule has 1 saturated heterocycles. The summed E-state index contributed by atoms with van der Waals surface area (Å²) in [6.07, 6.45) is 2.23. The van der Waals surface area contributed by atoms with Crippen molar-refractivity contribution in [3.05, 3.63) is 24.3 Å². The third-order valence-corrected chi connectivity index (χ3v) is 4.19. The molecule has 1 aromatic heterocycles. The van der Waals surface area contributed by atoms with Crippen molar-refractivity contribution in [3.63, 3.8) is 0 Å². The SMILES string of the molecule is CC1(CN)CCCN(c2n[nH]c(-c3ccccc3O)n2)C1. The number of nitrogens with one attached hydrogen (secondary N) is 1. The Hall–Kier alpha value is -2.08. The van der Waals surface area contributed by atoms with Crippen molar-refractivity contribution < 1.29 is 5.11 Å². The Morgan fingerprint density at radius 1 is 1.43 bits per heavy atom. The predicted octanol–water partition coefficient (Wildman–Crippen LogP) is 1.74. The van der Waals surface area contributed by atoms with Crippen molar-refractivity contribution in [3.8, 4) is 17.1 Å². The first-order chi connectivity index (χ1) is 10.1. The molecule has 6 nitrogen and oxygen atoms in total. The van der Waals surface area contributed by atoms with Gasteiger partial charge < -0.3 is 15.7 Å². The molecule has 0 aliphatic carbocycles. The molecule has 2 aromatic rings. The Morgan fingerprint density at radius 2 is 2.24 bits per heavy atom. The van der Waals surface area contributed by atoms with E-state index < -0.39 is 0 Å². The highest BCUT2D eigenvalue weighted by Gasteiger charge is 2.31. The summed E-state index contributed by atoms with van der Waals surface area (Å²) in [6, 6.07) is 7.11.